The van der Waals surface area contributed by atoms with E-state index in [2.05, 4.69) is 0 Å². The lowest BCUT2D eigenvalue weighted by atomic mass is 9.73. The SMILES string of the molecule is CC(=O)Oc1ccc(N2C(=O)[C@H]3[C@H](C2=O)[C@]2(C)C=C[C@]3(C)O2)cc1. The lowest BCUT2D eigenvalue weighted by molar-refractivity contribution is -0.132. The highest BCUT2D eigenvalue weighted by Crippen LogP contribution is 2.57. The van der Waals surface area contributed by atoms with Crippen LogP contribution in [0.15, 0.2) is 36.4 Å². The van der Waals surface area contributed by atoms with Gasteiger partial charge in [-0.3, -0.25) is 14.4 Å². The van der Waals surface area contributed by atoms with Crippen molar-refractivity contribution < 1.29 is 23.9 Å². The highest BCUT2D eigenvalue weighted by atomic mass is 16.5. The van der Waals surface area contributed by atoms with Gasteiger partial charge in [0.2, 0.25) is 11.8 Å². The molecule has 124 valence electrons. The highest BCUT2D eigenvalue weighted by molar-refractivity contribution is 6.23. The molecule has 0 aromatic heterocycles. The summed E-state index contributed by atoms with van der Waals surface area (Å²) in [6, 6.07) is 6.35. The van der Waals surface area contributed by atoms with E-state index < -0.39 is 29.0 Å². The third-order valence-corrected chi connectivity index (χ3v) is 5.08. The molecule has 0 spiro atoms. The second-order valence-electron chi connectivity index (χ2n) is 6.86. The van der Waals surface area contributed by atoms with Gasteiger partial charge >= 0.3 is 5.97 Å². The van der Waals surface area contributed by atoms with Gasteiger partial charge in [-0.25, -0.2) is 4.90 Å². The Morgan fingerprint density at radius 1 is 1.04 bits per heavy atom. The first-order chi connectivity index (χ1) is 11.3. The third kappa shape index (κ3) is 1.83. The number of rotatable bonds is 2. The van der Waals surface area contributed by atoms with Crippen LogP contribution in [0, 0.1) is 11.8 Å². The van der Waals surface area contributed by atoms with Crippen LogP contribution in [0.3, 0.4) is 0 Å². The molecule has 24 heavy (non-hydrogen) atoms. The van der Waals surface area contributed by atoms with Gasteiger partial charge in [-0.05, 0) is 38.1 Å². The molecule has 3 aliphatic heterocycles. The van der Waals surface area contributed by atoms with Crippen LogP contribution in [0.4, 0.5) is 5.69 Å². The zero-order valence-electron chi connectivity index (χ0n) is 13.6. The molecule has 6 nitrogen and oxygen atoms in total. The molecule has 0 unspecified atom stereocenters. The van der Waals surface area contributed by atoms with Gasteiger partial charge < -0.3 is 9.47 Å². The molecule has 0 aliphatic carbocycles. The Bertz CT molecular complexity index is 762. The number of carbonyl (C=O) groups is 3. The molecular formula is C18H17NO5. The maximum absolute atomic E-state index is 12.9. The molecule has 2 saturated heterocycles. The first kappa shape index (κ1) is 15.1. The molecule has 4 atom stereocenters. The molecule has 2 bridgehead atoms. The van der Waals surface area contributed by atoms with E-state index in [9.17, 15) is 14.4 Å². The molecule has 1 aromatic rings. The van der Waals surface area contributed by atoms with Crippen molar-refractivity contribution in [2.24, 2.45) is 11.8 Å². The van der Waals surface area contributed by atoms with Gasteiger partial charge in [0.1, 0.15) is 5.75 Å². The van der Waals surface area contributed by atoms with E-state index in [-0.39, 0.29) is 11.8 Å². The Labute approximate surface area is 139 Å². The summed E-state index contributed by atoms with van der Waals surface area (Å²) in [5.74, 6) is -1.57. The van der Waals surface area contributed by atoms with Gasteiger partial charge in [0.25, 0.3) is 0 Å². The monoisotopic (exact) mass is 327 g/mol. The van der Waals surface area contributed by atoms with Crippen LogP contribution in [0.1, 0.15) is 20.8 Å². The van der Waals surface area contributed by atoms with Crippen LogP contribution >= 0.6 is 0 Å². The number of hydrogen-bond donors (Lipinski definition) is 0. The largest absolute Gasteiger partial charge is 0.427 e. The van der Waals surface area contributed by atoms with Gasteiger partial charge in [0.05, 0.1) is 28.7 Å². The van der Waals surface area contributed by atoms with E-state index in [1.807, 2.05) is 26.0 Å². The molecule has 4 rings (SSSR count). The van der Waals surface area contributed by atoms with Crippen LogP contribution in [0.5, 0.6) is 5.75 Å². The summed E-state index contributed by atoms with van der Waals surface area (Å²) < 4.78 is 10.9. The van der Waals surface area contributed by atoms with Gasteiger partial charge in [0, 0.05) is 6.92 Å². The molecule has 6 heteroatoms. The number of esters is 1. The number of benzene rings is 1. The fraction of sp³-hybridized carbons (Fsp3) is 0.389. The van der Waals surface area contributed by atoms with Gasteiger partial charge in [-0.15, -0.1) is 0 Å². The molecule has 2 amide bonds. The number of hydrogen-bond acceptors (Lipinski definition) is 5. The second-order valence-corrected chi connectivity index (χ2v) is 6.86. The van der Waals surface area contributed by atoms with Crippen LogP contribution in [0.2, 0.25) is 0 Å². The van der Waals surface area contributed by atoms with E-state index >= 15 is 0 Å². The number of fused-ring (bicyclic) bond motifs is 5. The van der Waals surface area contributed by atoms with Crippen LogP contribution < -0.4 is 9.64 Å². The average Bonchev–Trinajstić information content (AvgIpc) is 3.04. The Kier molecular flexibility index (Phi) is 2.85. The second kappa shape index (κ2) is 4.54. The summed E-state index contributed by atoms with van der Waals surface area (Å²) in [7, 11) is 0. The number of amides is 2. The molecular weight excluding hydrogens is 310 g/mol. The van der Waals surface area contributed by atoms with Crippen molar-refractivity contribution in [1.29, 1.82) is 0 Å². The molecule has 0 N–H and O–H groups in total. The van der Waals surface area contributed by atoms with E-state index in [1.54, 1.807) is 24.3 Å². The van der Waals surface area contributed by atoms with E-state index in [1.165, 1.54) is 11.8 Å². The minimum absolute atomic E-state index is 0.249. The molecule has 0 saturated carbocycles. The van der Waals surface area contributed by atoms with E-state index in [4.69, 9.17) is 9.47 Å². The fourth-order valence-corrected chi connectivity index (χ4v) is 4.11. The summed E-state index contributed by atoms with van der Waals surface area (Å²) in [4.78, 5) is 38.0. The zero-order chi connectivity index (χ0) is 17.3. The molecule has 3 aliphatic rings. The van der Waals surface area contributed by atoms with Crippen molar-refractivity contribution in [2.45, 2.75) is 32.0 Å². The van der Waals surface area contributed by atoms with Crippen molar-refractivity contribution in [3.8, 4) is 5.75 Å². The molecule has 2 fully saturated rings. The third-order valence-electron chi connectivity index (χ3n) is 5.08. The minimum atomic E-state index is -0.738. The summed E-state index contributed by atoms with van der Waals surface area (Å²) in [6.07, 6.45) is 3.76. The van der Waals surface area contributed by atoms with Gasteiger partial charge in [-0.2, -0.15) is 0 Å². The maximum atomic E-state index is 12.9. The average molecular weight is 327 g/mol. The standard InChI is InChI=1S/C18H17NO5/c1-10(20)23-12-6-4-11(5-7-12)19-15(21)13-14(16(19)22)18(3)9-8-17(13,2)24-18/h4-9,13-14H,1-3H3/t13-,14-,17+,18+/m1/s1. The number of ether oxygens (including phenoxy) is 2. The first-order valence-electron chi connectivity index (χ1n) is 7.82. The van der Waals surface area contributed by atoms with E-state index in [0.29, 0.717) is 11.4 Å². The first-order valence-corrected chi connectivity index (χ1v) is 7.82. The Hall–Kier alpha value is -2.47. The van der Waals surface area contributed by atoms with Crippen molar-refractivity contribution >= 4 is 23.5 Å². The quantitative estimate of drug-likeness (QED) is 0.359. The number of anilines is 1. The predicted molar refractivity (Wildman–Crippen MR) is 84.3 cm³/mol. The van der Waals surface area contributed by atoms with Gasteiger partial charge in [0.15, 0.2) is 0 Å². The zero-order valence-corrected chi connectivity index (χ0v) is 13.6. The van der Waals surface area contributed by atoms with Gasteiger partial charge in [-0.1, -0.05) is 12.2 Å². The molecule has 0 radical (unpaired) electrons. The maximum Gasteiger partial charge on any atom is 0.308 e. The van der Waals surface area contributed by atoms with Crippen LogP contribution in [-0.2, 0) is 19.1 Å². The summed E-state index contributed by atoms with van der Waals surface area (Å²) in [6.45, 7) is 5.00. The van der Waals surface area contributed by atoms with Crippen molar-refractivity contribution in [3.05, 3.63) is 36.4 Å². The lowest BCUT2D eigenvalue weighted by Crippen LogP contribution is -2.39. The van der Waals surface area contributed by atoms with E-state index in [0.717, 1.165) is 0 Å². The highest BCUT2D eigenvalue weighted by Gasteiger charge is 2.70. The minimum Gasteiger partial charge on any atom is -0.427 e. The van der Waals surface area contributed by atoms with Crippen LogP contribution in [0.25, 0.3) is 0 Å². The molecule has 1 aromatic carbocycles. The van der Waals surface area contributed by atoms with Crippen molar-refractivity contribution in [1.82, 2.24) is 0 Å². The summed E-state index contributed by atoms with van der Waals surface area (Å²) >= 11 is 0. The van der Waals surface area contributed by atoms with Crippen LogP contribution in [-0.4, -0.2) is 29.0 Å². The predicted octanol–water partition coefficient (Wildman–Crippen LogP) is 1.83. The molecule has 3 heterocycles. The van der Waals surface area contributed by atoms with Crippen molar-refractivity contribution in [2.75, 3.05) is 4.90 Å². The number of imide groups is 1. The Morgan fingerprint density at radius 2 is 1.54 bits per heavy atom. The topological polar surface area (TPSA) is 72.9 Å². The Morgan fingerprint density at radius 3 is 2.00 bits per heavy atom. The van der Waals surface area contributed by atoms with Crippen molar-refractivity contribution in [3.63, 3.8) is 0 Å². The number of nitrogens with zero attached hydrogens (tertiary/aromatic N) is 1. The summed E-state index contributed by atoms with van der Waals surface area (Å²) in [5.41, 5.74) is -1.00. The lowest BCUT2D eigenvalue weighted by Gasteiger charge is -2.25. The smallest absolute Gasteiger partial charge is 0.308 e. The number of carbonyl (C=O) groups excluding carboxylic acids is 3. The Balaban J connectivity index is 1.68. The fourth-order valence-electron chi connectivity index (χ4n) is 4.11. The summed E-state index contributed by atoms with van der Waals surface area (Å²) in [5, 5.41) is 0. The normalized spacial score (nSPS) is 36.4.